The smallest absolute Gasteiger partial charge is 0.127 e. The van der Waals surface area contributed by atoms with Crippen molar-refractivity contribution in [3.05, 3.63) is 78.2 Å². The Morgan fingerprint density at radius 2 is 1.62 bits per heavy atom. The van der Waals surface area contributed by atoms with Crippen molar-refractivity contribution in [3.63, 3.8) is 0 Å². The molecule has 0 bridgehead atoms. The third-order valence-corrected chi connectivity index (χ3v) is 5.29. The molecule has 154 valence electrons. The summed E-state index contributed by atoms with van der Waals surface area (Å²) >= 11 is 0. The van der Waals surface area contributed by atoms with Gasteiger partial charge in [0.05, 0.1) is 11.7 Å². The van der Waals surface area contributed by atoms with Crippen LogP contribution in [-0.4, -0.2) is 34.6 Å². The van der Waals surface area contributed by atoms with E-state index in [2.05, 4.69) is 98.1 Å². The Bertz CT molecular complexity index is 878. The van der Waals surface area contributed by atoms with E-state index in [1.807, 2.05) is 6.07 Å². The van der Waals surface area contributed by atoms with Crippen molar-refractivity contribution in [2.45, 2.75) is 39.8 Å². The molecule has 2 aromatic carbocycles. The molecular weight excluding hydrogens is 356 g/mol. The monoisotopic (exact) mass is 390 g/mol. The van der Waals surface area contributed by atoms with Gasteiger partial charge in [-0.3, -0.25) is 4.90 Å². The number of aromatic nitrogens is 2. The van der Waals surface area contributed by atoms with Gasteiger partial charge in [0.2, 0.25) is 0 Å². The number of nitrogens with two attached hydrogens (primary N) is 1. The van der Waals surface area contributed by atoms with Crippen LogP contribution < -0.4 is 5.73 Å². The Hall–Kier alpha value is -2.43. The zero-order chi connectivity index (χ0) is 20.9. The summed E-state index contributed by atoms with van der Waals surface area (Å²) in [5, 5.41) is 0. The second-order valence-electron chi connectivity index (χ2n) is 8.86. The van der Waals surface area contributed by atoms with Gasteiger partial charge in [-0.2, -0.15) is 0 Å². The summed E-state index contributed by atoms with van der Waals surface area (Å²) in [6, 6.07) is 21.2. The van der Waals surface area contributed by atoms with Gasteiger partial charge in [0.1, 0.15) is 5.82 Å². The van der Waals surface area contributed by atoms with Crippen LogP contribution in [0.4, 0.5) is 0 Å². The van der Waals surface area contributed by atoms with Crippen LogP contribution in [0.1, 0.15) is 44.6 Å². The highest BCUT2D eigenvalue weighted by molar-refractivity contribution is 5.58. The maximum atomic E-state index is 5.79. The lowest BCUT2D eigenvalue weighted by Crippen LogP contribution is -2.37. The predicted molar refractivity (Wildman–Crippen MR) is 122 cm³/mol. The molecular formula is C25H34N4. The number of hydrogen-bond donors (Lipinski definition) is 1. The molecule has 4 nitrogen and oxygen atoms in total. The Morgan fingerprint density at radius 1 is 1.00 bits per heavy atom. The molecule has 1 heterocycles. The number of imidazole rings is 1. The molecule has 29 heavy (non-hydrogen) atoms. The molecule has 3 aromatic rings. The summed E-state index contributed by atoms with van der Waals surface area (Å²) in [5.74, 6) is 1.11. The first-order valence-corrected chi connectivity index (χ1v) is 10.5. The van der Waals surface area contributed by atoms with E-state index in [0.717, 1.165) is 36.6 Å². The van der Waals surface area contributed by atoms with E-state index in [1.54, 1.807) is 0 Å². The summed E-state index contributed by atoms with van der Waals surface area (Å²) < 4.78 is 2.33. The Balaban J connectivity index is 2.06. The van der Waals surface area contributed by atoms with Crippen LogP contribution in [0.3, 0.4) is 0 Å². The third kappa shape index (κ3) is 5.34. The Morgan fingerprint density at radius 3 is 2.21 bits per heavy atom. The van der Waals surface area contributed by atoms with Crippen molar-refractivity contribution >= 4 is 0 Å². The molecule has 0 aliphatic heterocycles. The lowest BCUT2D eigenvalue weighted by atomic mass is 9.85. The third-order valence-electron chi connectivity index (χ3n) is 5.29. The fourth-order valence-corrected chi connectivity index (χ4v) is 4.02. The first kappa shape index (κ1) is 21.3. The minimum absolute atomic E-state index is 0.0388. The van der Waals surface area contributed by atoms with E-state index >= 15 is 0 Å². The number of nitrogens with zero attached hydrogens (tertiary/aromatic N) is 3. The minimum atomic E-state index is 0.0388. The van der Waals surface area contributed by atoms with E-state index < -0.39 is 0 Å². The van der Waals surface area contributed by atoms with Crippen molar-refractivity contribution in [1.82, 2.24) is 14.5 Å². The van der Waals surface area contributed by atoms with E-state index in [-0.39, 0.29) is 11.5 Å². The van der Waals surface area contributed by atoms with E-state index in [1.165, 1.54) is 5.56 Å². The Labute approximate surface area is 175 Å². The summed E-state index contributed by atoms with van der Waals surface area (Å²) in [6.45, 7) is 9.35. The molecule has 0 aliphatic carbocycles. The second-order valence-corrected chi connectivity index (χ2v) is 8.86. The van der Waals surface area contributed by atoms with Gasteiger partial charge in [-0.05, 0) is 37.5 Å². The van der Waals surface area contributed by atoms with Gasteiger partial charge in [-0.15, -0.1) is 0 Å². The second kappa shape index (κ2) is 9.38. The first-order chi connectivity index (χ1) is 13.9. The summed E-state index contributed by atoms with van der Waals surface area (Å²) in [4.78, 5) is 7.57. The van der Waals surface area contributed by atoms with Crippen molar-refractivity contribution in [1.29, 1.82) is 0 Å². The quantitative estimate of drug-likeness (QED) is 0.591. The maximum Gasteiger partial charge on any atom is 0.127 e. The van der Waals surface area contributed by atoms with Crippen molar-refractivity contribution in [2.75, 3.05) is 20.1 Å². The van der Waals surface area contributed by atoms with Crippen LogP contribution in [0.15, 0.2) is 66.9 Å². The number of hydrogen-bond acceptors (Lipinski definition) is 3. The van der Waals surface area contributed by atoms with Crippen LogP contribution in [-0.2, 0) is 6.54 Å². The standard InChI is InChI=1S/C25H34N4/c1-25(2,3)23(28(4)17-11-16-26)24-27-22(21-14-9-6-10-15-21)19-29(24)18-20-12-7-5-8-13-20/h5-10,12-15,19,23H,11,16-18,26H2,1-4H3. The molecule has 0 spiro atoms. The fourth-order valence-electron chi connectivity index (χ4n) is 4.02. The normalized spacial score (nSPS) is 13.0. The molecule has 0 aliphatic rings. The molecule has 1 unspecified atom stereocenters. The topological polar surface area (TPSA) is 47.1 Å². The zero-order valence-electron chi connectivity index (χ0n) is 18.2. The van der Waals surface area contributed by atoms with Crippen LogP contribution >= 0.6 is 0 Å². The lowest BCUT2D eigenvalue weighted by molar-refractivity contribution is 0.115. The van der Waals surface area contributed by atoms with Gasteiger partial charge in [0.25, 0.3) is 0 Å². The van der Waals surface area contributed by atoms with Gasteiger partial charge in [0, 0.05) is 18.3 Å². The molecule has 0 saturated carbocycles. The summed E-state index contributed by atoms with van der Waals surface area (Å²) in [6.07, 6.45) is 3.18. The maximum absolute atomic E-state index is 5.79. The Kier molecular flexibility index (Phi) is 6.88. The predicted octanol–water partition coefficient (Wildman–Crippen LogP) is 4.97. The van der Waals surface area contributed by atoms with Gasteiger partial charge in [-0.1, -0.05) is 81.4 Å². The van der Waals surface area contributed by atoms with Gasteiger partial charge >= 0.3 is 0 Å². The number of rotatable bonds is 8. The highest BCUT2D eigenvalue weighted by Gasteiger charge is 2.33. The minimum Gasteiger partial charge on any atom is -0.330 e. The molecule has 1 aromatic heterocycles. The zero-order valence-corrected chi connectivity index (χ0v) is 18.2. The van der Waals surface area contributed by atoms with Crippen molar-refractivity contribution < 1.29 is 0 Å². The molecule has 0 radical (unpaired) electrons. The lowest BCUT2D eigenvalue weighted by Gasteiger charge is -2.38. The fraction of sp³-hybridized carbons (Fsp3) is 0.400. The van der Waals surface area contributed by atoms with Crippen molar-refractivity contribution in [2.24, 2.45) is 11.1 Å². The van der Waals surface area contributed by atoms with Gasteiger partial charge in [0.15, 0.2) is 0 Å². The number of benzene rings is 2. The highest BCUT2D eigenvalue weighted by atomic mass is 15.2. The van der Waals surface area contributed by atoms with E-state index in [9.17, 15) is 0 Å². The highest BCUT2D eigenvalue weighted by Crippen LogP contribution is 2.38. The van der Waals surface area contributed by atoms with Crippen molar-refractivity contribution in [3.8, 4) is 11.3 Å². The average molecular weight is 391 g/mol. The molecule has 3 rings (SSSR count). The first-order valence-electron chi connectivity index (χ1n) is 10.5. The molecule has 0 amide bonds. The van der Waals surface area contributed by atoms with E-state index in [4.69, 9.17) is 10.7 Å². The van der Waals surface area contributed by atoms with Crippen LogP contribution in [0.25, 0.3) is 11.3 Å². The van der Waals surface area contributed by atoms with Gasteiger partial charge in [-0.25, -0.2) is 4.98 Å². The molecule has 4 heteroatoms. The van der Waals surface area contributed by atoms with Crippen LogP contribution in [0.5, 0.6) is 0 Å². The molecule has 2 N–H and O–H groups in total. The van der Waals surface area contributed by atoms with Crippen LogP contribution in [0.2, 0.25) is 0 Å². The summed E-state index contributed by atoms with van der Waals surface area (Å²) in [7, 11) is 2.19. The molecule has 1 atom stereocenters. The summed E-state index contributed by atoms with van der Waals surface area (Å²) in [5.41, 5.74) is 9.29. The molecule has 0 saturated heterocycles. The van der Waals surface area contributed by atoms with E-state index in [0.29, 0.717) is 6.54 Å². The molecule has 0 fully saturated rings. The largest absolute Gasteiger partial charge is 0.330 e. The SMILES string of the molecule is CN(CCCN)C(c1nc(-c2ccccc2)cn1Cc1ccccc1)C(C)(C)C. The van der Waals surface area contributed by atoms with Gasteiger partial charge < -0.3 is 10.3 Å². The van der Waals surface area contributed by atoms with Crippen LogP contribution in [0, 0.1) is 5.41 Å². The average Bonchev–Trinajstić information content (AvgIpc) is 3.10.